The van der Waals surface area contributed by atoms with Crippen molar-refractivity contribution >= 4 is 0 Å². The molecule has 1 N–H and O–H groups in total. The lowest BCUT2D eigenvalue weighted by Gasteiger charge is -2.34. The van der Waals surface area contributed by atoms with Gasteiger partial charge in [0.2, 0.25) is 0 Å². The Hall–Kier alpha value is -1.54. The Bertz CT molecular complexity index is 651. The van der Waals surface area contributed by atoms with Crippen LogP contribution in [0, 0.1) is 5.41 Å². The van der Waals surface area contributed by atoms with E-state index in [0.29, 0.717) is 5.92 Å². The normalized spacial score (nSPS) is 20.6. The predicted octanol–water partition coefficient (Wildman–Crippen LogP) is 4.61. The van der Waals surface area contributed by atoms with Gasteiger partial charge in [0.05, 0.1) is 6.10 Å². The minimum atomic E-state index is -0.337. The molecule has 112 valence electrons. The first kappa shape index (κ1) is 14.4. The highest BCUT2D eigenvalue weighted by atomic mass is 16.3. The van der Waals surface area contributed by atoms with Gasteiger partial charge in [-0.25, -0.2) is 0 Å². The van der Waals surface area contributed by atoms with E-state index in [4.69, 9.17) is 0 Å². The summed E-state index contributed by atoms with van der Waals surface area (Å²) in [7, 11) is 0. The number of aliphatic hydroxyl groups is 1. The van der Waals surface area contributed by atoms with E-state index >= 15 is 0 Å². The van der Waals surface area contributed by atoms with Crippen molar-refractivity contribution in [2.24, 2.45) is 5.41 Å². The summed E-state index contributed by atoms with van der Waals surface area (Å²) in [6, 6.07) is 10.7. The average molecular weight is 283 g/mol. The van der Waals surface area contributed by atoms with E-state index in [-0.39, 0.29) is 11.5 Å². The molecule has 0 saturated heterocycles. The first-order valence-electron chi connectivity index (χ1n) is 7.86. The third-order valence-electron chi connectivity index (χ3n) is 4.60. The van der Waals surface area contributed by atoms with Gasteiger partial charge in [-0.15, -0.1) is 0 Å². The monoisotopic (exact) mass is 283 g/mol. The van der Waals surface area contributed by atoms with Gasteiger partial charge in [0.25, 0.3) is 0 Å². The smallest absolute Gasteiger partial charge is 0.0812 e. The van der Waals surface area contributed by atoms with Crippen LogP contribution < -0.4 is 0 Å². The maximum absolute atomic E-state index is 10.4. The Labute approximate surface area is 127 Å². The molecule has 1 aromatic carbocycles. The van der Waals surface area contributed by atoms with Gasteiger partial charge in [-0.3, -0.25) is 0 Å². The molecule has 0 fully saturated rings. The molecule has 0 amide bonds. The average Bonchev–Trinajstić information content (AvgIpc) is 2.80. The van der Waals surface area contributed by atoms with Crippen LogP contribution in [-0.4, -0.2) is 9.67 Å². The van der Waals surface area contributed by atoms with E-state index in [1.807, 2.05) is 0 Å². The SMILES string of the molecule is CC(C)c1ccccc1-n1ccc2c1CC(C)(C)CC2O. The van der Waals surface area contributed by atoms with E-state index in [1.54, 1.807) is 0 Å². The topological polar surface area (TPSA) is 25.2 Å². The van der Waals surface area contributed by atoms with Gasteiger partial charge in [0, 0.05) is 23.1 Å². The third-order valence-corrected chi connectivity index (χ3v) is 4.60. The minimum absolute atomic E-state index is 0.148. The van der Waals surface area contributed by atoms with Gasteiger partial charge in [0.1, 0.15) is 0 Å². The van der Waals surface area contributed by atoms with E-state index < -0.39 is 0 Å². The predicted molar refractivity (Wildman–Crippen MR) is 86.9 cm³/mol. The number of fused-ring (bicyclic) bond motifs is 1. The zero-order valence-corrected chi connectivity index (χ0v) is 13.4. The third kappa shape index (κ3) is 2.53. The summed E-state index contributed by atoms with van der Waals surface area (Å²) >= 11 is 0. The molecule has 3 rings (SSSR count). The number of rotatable bonds is 2. The number of benzene rings is 1. The molecule has 1 aromatic heterocycles. The highest BCUT2D eigenvalue weighted by molar-refractivity contribution is 5.47. The largest absolute Gasteiger partial charge is 0.388 e. The Morgan fingerprint density at radius 1 is 1.19 bits per heavy atom. The fourth-order valence-corrected chi connectivity index (χ4v) is 3.55. The summed E-state index contributed by atoms with van der Waals surface area (Å²) in [4.78, 5) is 0. The Balaban J connectivity index is 2.15. The molecule has 2 heteroatoms. The first-order valence-corrected chi connectivity index (χ1v) is 7.86. The van der Waals surface area contributed by atoms with Crippen LogP contribution >= 0.6 is 0 Å². The molecule has 2 nitrogen and oxygen atoms in total. The van der Waals surface area contributed by atoms with Crippen LogP contribution in [0.2, 0.25) is 0 Å². The van der Waals surface area contributed by atoms with Crippen molar-refractivity contribution in [2.75, 3.05) is 0 Å². The maximum Gasteiger partial charge on any atom is 0.0812 e. The zero-order chi connectivity index (χ0) is 15.2. The van der Waals surface area contributed by atoms with Crippen LogP contribution in [-0.2, 0) is 6.42 Å². The fourth-order valence-electron chi connectivity index (χ4n) is 3.55. The van der Waals surface area contributed by atoms with Crippen LogP contribution in [0.15, 0.2) is 36.5 Å². The van der Waals surface area contributed by atoms with Crippen LogP contribution in [0.4, 0.5) is 0 Å². The number of aliphatic hydroxyl groups excluding tert-OH is 1. The van der Waals surface area contributed by atoms with Gasteiger partial charge in [-0.2, -0.15) is 0 Å². The van der Waals surface area contributed by atoms with Crippen molar-refractivity contribution in [3.8, 4) is 5.69 Å². The highest BCUT2D eigenvalue weighted by Crippen LogP contribution is 2.42. The van der Waals surface area contributed by atoms with Crippen molar-refractivity contribution in [1.29, 1.82) is 0 Å². The van der Waals surface area contributed by atoms with E-state index in [2.05, 4.69) is 68.8 Å². The van der Waals surface area contributed by atoms with Crippen LogP contribution in [0.25, 0.3) is 5.69 Å². The Morgan fingerprint density at radius 3 is 2.62 bits per heavy atom. The molecule has 1 aliphatic rings. The second kappa shape index (κ2) is 5.03. The van der Waals surface area contributed by atoms with Crippen molar-refractivity contribution in [3.63, 3.8) is 0 Å². The summed E-state index contributed by atoms with van der Waals surface area (Å²) in [6.45, 7) is 8.94. The molecule has 1 atom stereocenters. The van der Waals surface area contributed by atoms with Gasteiger partial charge >= 0.3 is 0 Å². The summed E-state index contributed by atoms with van der Waals surface area (Å²) < 4.78 is 2.29. The fraction of sp³-hybridized carbons (Fsp3) is 0.474. The van der Waals surface area contributed by atoms with Gasteiger partial charge in [-0.1, -0.05) is 45.9 Å². The Kier molecular flexibility index (Phi) is 3.45. The standard InChI is InChI=1S/C19H25NO/c1-13(2)14-7-5-6-8-16(14)20-10-9-15-17(20)11-19(3,4)12-18(15)21/h5-10,13,18,21H,11-12H2,1-4H3. The van der Waals surface area contributed by atoms with Crippen molar-refractivity contribution in [1.82, 2.24) is 4.57 Å². The molecular formula is C19H25NO. The molecule has 0 spiro atoms. The molecule has 2 aromatic rings. The van der Waals surface area contributed by atoms with Gasteiger partial charge < -0.3 is 9.67 Å². The number of aromatic nitrogens is 1. The molecule has 0 saturated carbocycles. The number of nitrogens with zero attached hydrogens (tertiary/aromatic N) is 1. The molecule has 1 aliphatic carbocycles. The van der Waals surface area contributed by atoms with Crippen LogP contribution in [0.3, 0.4) is 0 Å². The molecule has 0 radical (unpaired) electrons. The summed E-state index contributed by atoms with van der Waals surface area (Å²) in [5, 5.41) is 10.4. The molecule has 1 heterocycles. The lowest BCUT2D eigenvalue weighted by Crippen LogP contribution is -2.26. The quantitative estimate of drug-likeness (QED) is 0.855. The van der Waals surface area contributed by atoms with Crippen molar-refractivity contribution < 1.29 is 5.11 Å². The van der Waals surface area contributed by atoms with E-state index in [9.17, 15) is 5.11 Å². The van der Waals surface area contributed by atoms with E-state index in [1.165, 1.54) is 16.9 Å². The molecule has 0 bridgehead atoms. The number of para-hydroxylation sites is 1. The van der Waals surface area contributed by atoms with E-state index in [0.717, 1.165) is 18.4 Å². The summed E-state index contributed by atoms with van der Waals surface area (Å²) in [5.74, 6) is 0.487. The first-order chi connectivity index (χ1) is 9.89. The van der Waals surface area contributed by atoms with Gasteiger partial charge in [0.15, 0.2) is 0 Å². The van der Waals surface area contributed by atoms with Crippen LogP contribution in [0.1, 0.15) is 63.0 Å². The minimum Gasteiger partial charge on any atom is -0.388 e. The lowest BCUT2D eigenvalue weighted by atomic mass is 9.75. The number of hydrogen-bond donors (Lipinski definition) is 1. The maximum atomic E-state index is 10.4. The summed E-state index contributed by atoms with van der Waals surface area (Å²) in [5.41, 5.74) is 5.13. The highest BCUT2D eigenvalue weighted by Gasteiger charge is 2.33. The lowest BCUT2D eigenvalue weighted by molar-refractivity contribution is 0.0987. The second-order valence-electron chi connectivity index (χ2n) is 7.36. The molecule has 1 unspecified atom stereocenters. The Morgan fingerprint density at radius 2 is 1.90 bits per heavy atom. The molecule has 21 heavy (non-hydrogen) atoms. The van der Waals surface area contributed by atoms with Crippen molar-refractivity contribution in [3.05, 3.63) is 53.3 Å². The summed E-state index contributed by atoms with van der Waals surface area (Å²) in [6.07, 6.45) is 3.64. The molecule has 0 aliphatic heterocycles. The van der Waals surface area contributed by atoms with Crippen LogP contribution in [0.5, 0.6) is 0 Å². The number of hydrogen-bond acceptors (Lipinski definition) is 1. The molecular weight excluding hydrogens is 258 g/mol. The second-order valence-corrected chi connectivity index (χ2v) is 7.36. The zero-order valence-electron chi connectivity index (χ0n) is 13.4. The van der Waals surface area contributed by atoms with Crippen molar-refractivity contribution in [2.45, 2.75) is 52.6 Å². The van der Waals surface area contributed by atoms with Gasteiger partial charge in [-0.05, 0) is 41.9 Å².